The molecular formula is C19H24N4O4. The van der Waals surface area contributed by atoms with Crippen molar-refractivity contribution >= 4 is 17.7 Å². The number of urea groups is 1. The number of benzene rings is 1. The SMILES string of the molecule is NCCCC[C@H](NC(=O)Nc1ccc(OCc2ccccn2)cc1)C(=O)O. The first-order valence-electron chi connectivity index (χ1n) is 8.71. The van der Waals surface area contributed by atoms with Crippen LogP contribution in [0.5, 0.6) is 5.75 Å². The molecular weight excluding hydrogens is 348 g/mol. The van der Waals surface area contributed by atoms with Gasteiger partial charge in [0.25, 0.3) is 0 Å². The lowest BCUT2D eigenvalue weighted by Gasteiger charge is -2.15. The van der Waals surface area contributed by atoms with Gasteiger partial charge in [-0.15, -0.1) is 0 Å². The van der Waals surface area contributed by atoms with Crippen LogP contribution >= 0.6 is 0 Å². The lowest BCUT2D eigenvalue weighted by Crippen LogP contribution is -2.43. The molecule has 0 aliphatic carbocycles. The van der Waals surface area contributed by atoms with Gasteiger partial charge in [-0.2, -0.15) is 0 Å². The van der Waals surface area contributed by atoms with Crippen LogP contribution in [0.3, 0.4) is 0 Å². The Hall–Kier alpha value is -3.13. The summed E-state index contributed by atoms with van der Waals surface area (Å²) >= 11 is 0. The van der Waals surface area contributed by atoms with Gasteiger partial charge in [0.15, 0.2) is 0 Å². The maximum atomic E-state index is 12.0. The van der Waals surface area contributed by atoms with Gasteiger partial charge in [-0.05, 0) is 62.2 Å². The highest BCUT2D eigenvalue weighted by Gasteiger charge is 2.19. The largest absolute Gasteiger partial charge is 0.487 e. The second kappa shape index (κ2) is 10.8. The third-order valence-corrected chi connectivity index (χ3v) is 3.78. The van der Waals surface area contributed by atoms with Crippen molar-refractivity contribution in [3.63, 3.8) is 0 Å². The Balaban J connectivity index is 1.82. The summed E-state index contributed by atoms with van der Waals surface area (Å²) in [6, 6.07) is 10.9. The molecule has 0 fully saturated rings. The van der Waals surface area contributed by atoms with E-state index < -0.39 is 18.0 Å². The van der Waals surface area contributed by atoms with Gasteiger partial charge in [-0.3, -0.25) is 4.98 Å². The summed E-state index contributed by atoms with van der Waals surface area (Å²) in [4.78, 5) is 27.4. The zero-order valence-corrected chi connectivity index (χ0v) is 14.9. The fraction of sp³-hybridized carbons (Fsp3) is 0.316. The number of nitrogens with one attached hydrogen (secondary N) is 2. The summed E-state index contributed by atoms with van der Waals surface area (Å²) in [6.07, 6.45) is 3.38. The molecule has 0 saturated heterocycles. The number of carbonyl (C=O) groups is 2. The Morgan fingerprint density at radius 1 is 1.15 bits per heavy atom. The smallest absolute Gasteiger partial charge is 0.326 e. The Morgan fingerprint density at radius 3 is 2.56 bits per heavy atom. The lowest BCUT2D eigenvalue weighted by molar-refractivity contribution is -0.139. The van der Waals surface area contributed by atoms with Crippen LogP contribution in [0, 0.1) is 0 Å². The minimum absolute atomic E-state index is 0.334. The van der Waals surface area contributed by atoms with Crippen molar-refractivity contribution in [1.82, 2.24) is 10.3 Å². The standard InChI is InChI=1S/C19H24N4O4/c20-11-3-1-6-17(18(24)25)23-19(26)22-14-7-9-16(10-8-14)27-13-15-5-2-4-12-21-15/h2,4-5,7-10,12,17H,1,3,6,11,13,20H2,(H,24,25)(H2,22,23,26)/t17-/m0/s1. The topological polar surface area (TPSA) is 127 Å². The van der Waals surface area contributed by atoms with Crippen molar-refractivity contribution in [2.75, 3.05) is 11.9 Å². The van der Waals surface area contributed by atoms with Crippen LogP contribution in [0.15, 0.2) is 48.7 Å². The number of amides is 2. The van der Waals surface area contributed by atoms with Crippen LogP contribution in [0.4, 0.5) is 10.5 Å². The van der Waals surface area contributed by atoms with Crippen LogP contribution in [0.25, 0.3) is 0 Å². The molecule has 0 saturated carbocycles. The molecule has 2 amide bonds. The molecule has 1 aromatic carbocycles. The minimum atomic E-state index is -1.07. The van der Waals surface area contributed by atoms with Gasteiger partial charge in [0.1, 0.15) is 18.4 Å². The third kappa shape index (κ3) is 7.33. The first kappa shape index (κ1) is 20.2. The molecule has 0 unspecified atom stereocenters. The Labute approximate surface area is 157 Å². The molecule has 2 rings (SSSR count). The zero-order valence-electron chi connectivity index (χ0n) is 14.9. The van der Waals surface area contributed by atoms with Gasteiger partial charge in [-0.25, -0.2) is 9.59 Å². The number of aliphatic carboxylic acids is 1. The predicted octanol–water partition coefficient (Wildman–Crippen LogP) is 2.36. The highest BCUT2D eigenvalue weighted by molar-refractivity contribution is 5.92. The van der Waals surface area contributed by atoms with Crippen molar-refractivity contribution in [2.24, 2.45) is 5.73 Å². The van der Waals surface area contributed by atoms with Gasteiger partial charge >= 0.3 is 12.0 Å². The van der Waals surface area contributed by atoms with E-state index in [9.17, 15) is 14.7 Å². The Kier molecular flexibility index (Phi) is 8.05. The highest BCUT2D eigenvalue weighted by Crippen LogP contribution is 2.16. The molecule has 27 heavy (non-hydrogen) atoms. The molecule has 8 nitrogen and oxygen atoms in total. The number of unbranched alkanes of at least 4 members (excludes halogenated alkanes) is 1. The molecule has 0 aliphatic rings. The van der Waals surface area contributed by atoms with Crippen molar-refractivity contribution in [2.45, 2.75) is 31.9 Å². The molecule has 0 bridgehead atoms. The van der Waals surface area contributed by atoms with Crippen LogP contribution in [0.2, 0.25) is 0 Å². The quantitative estimate of drug-likeness (QED) is 0.474. The molecule has 8 heteroatoms. The third-order valence-electron chi connectivity index (χ3n) is 3.78. The van der Waals surface area contributed by atoms with E-state index in [-0.39, 0.29) is 0 Å². The maximum absolute atomic E-state index is 12.0. The van der Waals surface area contributed by atoms with E-state index in [1.807, 2.05) is 18.2 Å². The minimum Gasteiger partial charge on any atom is -0.487 e. The highest BCUT2D eigenvalue weighted by atomic mass is 16.5. The summed E-state index contributed by atoms with van der Waals surface area (Å²) in [6.45, 7) is 0.838. The number of aromatic nitrogens is 1. The van der Waals surface area contributed by atoms with Crippen LogP contribution < -0.4 is 21.1 Å². The van der Waals surface area contributed by atoms with Gasteiger partial charge in [-0.1, -0.05) is 6.07 Å². The van der Waals surface area contributed by atoms with Crippen LogP contribution in [0.1, 0.15) is 25.0 Å². The molecule has 0 radical (unpaired) electrons. The normalized spacial score (nSPS) is 11.4. The summed E-state index contributed by atoms with van der Waals surface area (Å²) in [5.74, 6) is -0.433. The number of anilines is 1. The first-order valence-corrected chi connectivity index (χ1v) is 8.71. The zero-order chi connectivity index (χ0) is 19.5. The number of carbonyl (C=O) groups excluding carboxylic acids is 1. The van der Waals surface area contributed by atoms with E-state index in [0.29, 0.717) is 43.9 Å². The molecule has 0 spiro atoms. The Morgan fingerprint density at radius 2 is 1.93 bits per heavy atom. The van der Waals surface area contributed by atoms with E-state index in [4.69, 9.17) is 10.5 Å². The molecule has 1 heterocycles. The van der Waals surface area contributed by atoms with Crippen LogP contribution in [-0.2, 0) is 11.4 Å². The fourth-order valence-corrected chi connectivity index (χ4v) is 2.35. The number of nitrogens with two attached hydrogens (primary N) is 1. The number of carboxylic acids is 1. The van der Waals surface area contributed by atoms with Gasteiger partial charge in [0.05, 0.1) is 5.69 Å². The van der Waals surface area contributed by atoms with Gasteiger partial charge in [0, 0.05) is 11.9 Å². The average molecular weight is 372 g/mol. The molecule has 1 aromatic heterocycles. The first-order chi connectivity index (χ1) is 13.1. The van der Waals surface area contributed by atoms with E-state index in [1.165, 1.54) is 0 Å². The number of carboxylic acid groups (broad SMARTS) is 1. The van der Waals surface area contributed by atoms with Crippen molar-refractivity contribution in [1.29, 1.82) is 0 Å². The van der Waals surface area contributed by atoms with Crippen LogP contribution in [-0.4, -0.2) is 34.7 Å². The average Bonchev–Trinajstić information content (AvgIpc) is 2.67. The van der Waals surface area contributed by atoms with Gasteiger partial charge < -0.3 is 26.2 Å². The molecule has 144 valence electrons. The Bertz CT molecular complexity index is 722. The summed E-state index contributed by atoms with van der Waals surface area (Å²) in [7, 11) is 0. The van der Waals surface area contributed by atoms with E-state index >= 15 is 0 Å². The number of pyridine rings is 1. The molecule has 5 N–H and O–H groups in total. The predicted molar refractivity (Wildman–Crippen MR) is 101 cm³/mol. The summed E-state index contributed by atoms with van der Waals surface area (Å²) in [5.41, 5.74) is 6.74. The second-order valence-corrected chi connectivity index (χ2v) is 5.91. The number of hydrogen-bond donors (Lipinski definition) is 4. The fourth-order valence-electron chi connectivity index (χ4n) is 2.35. The number of hydrogen-bond acceptors (Lipinski definition) is 5. The molecule has 1 atom stereocenters. The van der Waals surface area contributed by atoms with Crippen molar-refractivity contribution in [3.8, 4) is 5.75 Å². The lowest BCUT2D eigenvalue weighted by atomic mass is 10.1. The summed E-state index contributed by atoms with van der Waals surface area (Å²) in [5, 5.41) is 14.2. The van der Waals surface area contributed by atoms with E-state index in [1.54, 1.807) is 30.5 Å². The number of nitrogens with zero attached hydrogens (tertiary/aromatic N) is 1. The monoisotopic (exact) mass is 372 g/mol. The maximum Gasteiger partial charge on any atom is 0.326 e. The summed E-state index contributed by atoms with van der Waals surface area (Å²) < 4.78 is 5.62. The van der Waals surface area contributed by atoms with Crippen molar-refractivity contribution < 1.29 is 19.4 Å². The second-order valence-electron chi connectivity index (χ2n) is 5.91. The number of rotatable bonds is 10. The van der Waals surface area contributed by atoms with E-state index in [2.05, 4.69) is 15.6 Å². The van der Waals surface area contributed by atoms with Crippen molar-refractivity contribution in [3.05, 3.63) is 54.4 Å². The number of ether oxygens (including phenoxy) is 1. The molecule has 0 aliphatic heterocycles. The molecule has 2 aromatic rings. The van der Waals surface area contributed by atoms with Gasteiger partial charge in [0.2, 0.25) is 0 Å². The van der Waals surface area contributed by atoms with E-state index in [0.717, 1.165) is 5.69 Å².